The van der Waals surface area contributed by atoms with Crippen LogP contribution in [0.15, 0.2) is 12.2 Å². The van der Waals surface area contributed by atoms with Crippen molar-refractivity contribution in [3.8, 4) is 0 Å². The van der Waals surface area contributed by atoms with Gasteiger partial charge in [0.1, 0.15) is 0 Å². The molecule has 3 nitrogen and oxygen atoms in total. The largest absolute Gasteiger partial charge is 0.408 e. The topological polar surface area (TPSA) is 38.7 Å². The van der Waals surface area contributed by atoms with Crippen LogP contribution >= 0.6 is 0 Å². The predicted molar refractivity (Wildman–Crippen MR) is 67.8 cm³/mol. The second-order valence-corrected chi connectivity index (χ2v) is 10.7. The van der Waals surface area contributed by atoms with Gasteiger partial charge in [0.15, 0.2) is 14.6 Å². The molecule has 0 aromatic rings. The van der Waals surface area contributed by atoms with Crippen LogP contribution in [0.2, 0.25) is 18.1 Å². The summed E-state index contributed by atoms with van der Waals surface area (Å²) in [6.45, 7) is 13.0. The highest BCUT2D eigenvalue weighted by molar-refractivity contribution is 6.74. The molecule has 1 N–H and O–H groups in total. The zero-order valence-corrected chi connectivity index (χ0v) is 12.2. The Balaban J connectivity index is 2.71. The molecule has 0 fully saturated rings. The summed E-state index contributed by atoms with van der Waals surface area (Å²) < 4.78 is 11.5. The number of aliphatic hydroxyl groups is 1. The first-order valence-corrected chi connectivity index (χ1v) is 8.74. The van der Waals surface area contributed by atoms with E-state index in [0.717, 1.165) is 0 Å². The van der Waals surface area contributed by atoms with Crippen LogP contribution in [0.4, 0.5) is 0 Å². The average molecular weight is 244 g/mol. The van der Waals surface area contributed by atoms with E-state index in [2.05, 4.69) is 33.9 Å². The molecule has 0 saturated carbocycles. The molecule has 1 aliphatic heterocycles. The Hall–Kier alpha value is -0.163. The van der Waals surface area contributed by atoms with Gasteiger partial charge in [-0.3, -0.25) is 0 Å². The lowest BCUT2D eigenvalue weighted by Crippen LogP contribution is -2.48. The highest BCUT2D eigenvalue weighted by Crippen LogP contribution is 2.38. The van der Waals surface area contributed by atoms with E-state index in [1.54, 1.807) is 6.08 Å². The lowest BCUT2D eigenvalue weighted by atomic mass is 10.2. The van der Waals surface area contributed by atoms with Crippen molar-refractivity contribution < 1.29 is 14.3 Å². The van der Waals surface area contributed by atoms with Gasteiger partial charge < -0.3 is 14.3 Å². The molecule has 0 spiro atoms. The third-order valence-corrected chi connectivity index (χ3v) is 7.99. The Morgan fingerprint density at radius 3 is 2.25 bits per heavy atom. The molecule has 3 atom stereocenters. The van der Waals surface area contributed by atoms with Gasteiger partial charge >= 0.3 is 0 Å². The van der Waals surface area contributed by atoms with E-state index in [1.165, 1.54) is 0 Å². The van der Waals surface area contributed by atoms with Gasteiger partial charge in [0.05, 0.1) is 12.2 Å². The van der Waals surface area contributed by atoms with Crippen LogP contribution in [-0.4, -0.2) is 31.9 Å². The molecular weight excluding hydrogens is 220 g/mol. The number of aliphatic hydroxyl groups excluding tert-OH is 1. The minimum atomic E-state index is -1.77. The summed E-state index contributed by atoms with van der Waals surface area (Å²) in [4.78, 5) is 0. The van der Waals surface area contributed by atoms with Gasteiger partial charge in [0.2, 0.25) is 0 Å². The van der Waals surface area contributed by atoms with Crippen molar-refractivity contribution in [2.24, 2.45) is 0 Å². The summed E-state index contributed by atoms with van der Waals surface area (Å²) in [5.74, 6) is 0. The molecule has 0 amide bonds. The zero-order chi connectivity index (χ0) is 12.6. The summed E-state index contributed by atoms with van der Waals surface area (Å²) in [6, 6.07) is 0. The third-order valence-electron chi connectivity index (χ3n) is 3.52. The summed E-state index contributed by atoms with van der Waals surface area (Å²) >= 11 is 0. The van der Waals surface area contributed by atoms with E-state index in [0.29, 0.717) is 0 Å². The quantitative estimate of drug-likeness (QED) is 0.599. The van der Waals surface area contributed by atoms with Gasteiger partial charge in [-0.15, -0.1) is 0 Å². The number of hydrogen-bond acceptors (Lipinski definition) is 3. The Morgan fingerprint density at radius 1 is 1.25 bits per heavy atom. The minimum absolute atomic E-state index is 0.0377. The Kier molecular flexibility index (Phi) is 4.00. The molecule has 94 valence electrons. The van der Waals surface area contributed by atoms with Crippen molar-refractivity contribution in [3.63, 3.8) is 0 Å². The van der Waals surface area contributed by atoms with Crippen LogP contribution in [0.5, 0.6) is 0 Å². The van der Waals surface area contributed by atoms with Crippen molar-refractivity contribution >= 4 is 8.32 Å². The normalized spacial score (nSPS) is 31.8. The van der Waals surface area contributed by atoms with E-state index >= 15 is 0 Å². The maximum atomic E-state index is 9.30. The first kappa shape index (κ1) is 13.9. The van der Waals surface area contributed by atoms with Gasteiger partial charge in [-0.25, -0.2) is 0 Å². The van der Waals surface area contributed by atoms with Gasteiger partial charge in [-0.05, 0) is 31.1 Å². The molecule has 0 aromatic heterocycles. The van der Waals surface area contributed by atoms with E-state index < -0.39 is 14.6 Å². The molecular formula is C12H24O3Si. The lowest BCUT2D eigenvalue weighted by molar-refractivity contribution is -0.132. The zero-order valence-electron chi connectivity index (χ0n) is 11.2. The molecule has 16 heavy (non-hydrogen) atoms. The third kappa shape index (κ3) is 3.17. The molecule has 1 rings (SSSR count). The van der Waals surface area contributed by atoms with Crippen molar-refractivity contribution in [2.75, 3.05) is 0 Å². The molecule has 0 aliphatic carbocycles. The molecule has 1 heterocycles. The highest BCUT2D eigenvalue weighted by Gasteiger charge is 2.40. The Morgan fingerprint density at radius 2 is 1.81 bits per heavy atom. The fraction of sp³-hybridized carbons (Fsp3) is 0.833. The van der Waals surface area contributed by atoms with Crippen LogP contribution in [0.3, 0.4) is 0 Å². The van der Waals surface area contributed by atoms with E-state index in [9.17, 15) is 5.11 Å². The maximum Gasteiger partial charge on any atom is 0.193 e. The molecule has 0 radical (unpaired) electrons. The van der Waals surface area contributed by atoms with Crippen LogP contribution in [0.1, 0.15) is 27.7 Å². The first-order chi connectivity index (χ1) is 7.13. The Labute approximate surface area is 99.6 Å². The summed E-state index contributed by atoms with van der Waals surface area (Å²) in [6.07, 6.45) is 2.66. The molecule has 1 aliphatic rings. The van der Waals surface area contributed by atoms with Crippen LogP contribution < -0.4 is 0 Å². The number of rotatable bonds is 2. The SMILES string of the molecule is C[C@@H]1O[C@@H](O)C=C[C@H]1O[Si](C)(C)C(C)(C)C. The predicted octanol–water partition coefficient (Wildman–Crippen LogP) is 2.67. The highest BCUT2D eigenvalue weighted by atomic mass is 28.4. The Bertz CT molecular complexity index is 268. The molecule has 0 saturated heterocycles. The smallest absolute Gasteiger partial charge is 0.193 e. The second-order valence-electron chi connectivity index (χ2n) is 5.96. The fourth-order valence-corrected chi connectivity index (χ4v) is 2.66. The summed E-state index contributed by atoms with van der Waals surface area (Å²) in [5, 5.41) is 9.49. The van der Waals surface area contributed by atoms with Gasteiger partial charge in [0.25, 0.3) is 0 Å². The average Bonchev–Trinajstić information content (AvgIpc) is 2.08. The summed E-state index contributed by atoms with van der Waals surface area (Å²) in [5.41, 5.74) is 0. The van der Waals surface area contributed by atoms with Crippen molar-refractivity contribution in [1.29, 1.82) is 0 Å². The van der Waals surface area contributed by atoms with Gasteiger partial charge in [0, 0.05) is 0 Å². The number of ether oxygens (including phenoxy) is 1. The van der Waals surface area contributed by atoms with Gasteiger partial charge in [-0.2, -0.15) is 0 Å². The minimum Gasteiger partial charge on any atom is -0.408 e. The molecule has 4 heteroatoms. The fourth-order valence-electron chi connectivity index (χ4n) is 1.36. The summed E-state index contributed by atoms with van der Waals surface area (Å²) in [7, 11) is -1.77. The first-order valence-electron chi connectivity index (χ1n) is 5.83. The van der Waals surface area contributed by atoms with E-state index in [1.807, 2.05) is 13.0 Å². The molecule has 0 unspecified atom stereocenters. The van der Waals surface area contributed by atoms with Crippen LogP contribution in [-0.2, 0) is 9.16 Å². The maximum absolute atomic E-state index is 9.30. The monoisotopic (exact) mass is 244 g/mol. The van der Waals surface area contributed by atoms with Crippen molar-refractivity contribution in [2.45, 2.75) is 64.3 Å². The van der Waals surface area contributed by atoms with Crippen molar-refractivity contribution in [1.82, 2.24) is 0 Å². The second kappa shape index (κ2) is 4.60. The van der Waals surface area contributed by atoms with Crippen LogP contribution in [0.25, 0.3) is 0 Å². The van der Waals surface area contributed by atoms with E-state index in [4.69, 9.17) is 9.16 Å². The molecule has 0 bridgehead atoms. The van der Waals surface area contributed by atoms with Crippen molar-refractivity contribution in [3.05, 3.63) is 12.2 Å². The van der Waals surface area contributed by atoms with Crippen LogP contribution in [0, 0.1) is 0 Å². The number of hydrogen-bond donors (Lipinski definition) is 1. The van der Waals surface area contributed by atoms with E-state index in [-0.39, 0.29) is 17.2 Å². The van der Waals surface area contributed by atoms with Gasteiger partial charge in [-0.1, -0.05) is 26.8 Å². The molecule has 0 aromatic carbocycles. The standard InChI is InChI=1S/C12H24O3Si/c1-9-10(7-8-11(13)14-9)15-16(5,6)12(2,3)4/h7-11,13H,1-6H3/t9-,10+,11+/m0/s1. The lowest BCUT2D eigenvalue weighted by Gasteiger charge is -2.41.